The van der Waals surface area contributed by atoms with Crippen LogP contribution < -0.4 is 10.1 Å². The molecule has 1 saturated heterocycles. The number of nitrogens with zero attached hydrogens (tertiary/aromatic N) is 1. The summed E-state index contributed by atoms with van der Waals surface area (Å²) >= 11 is 3.33. The van der Waals surface area contributed by atoms with Gasteiger partial charge in [-0.1, -0.05) is 15.9 Å². The van der Waals surface area contributed by atoms with Crippen LogP contribution in [0.2, 0.25) is 0 Å². The Labute approximate surface area is 118 Å². The van der Waals surface area contributed by atoms with Gasteiger partial charge in [0.2, 0.25) is 11.9 Å². The first-order chi connectivity index (χ1) is 9.02. The highest BCUT2D eigenvalue weighted by atomic mass is 79.9. The zero-order valence-electron chi connectivity index (χ0n) is 10.3. The van der Waals surface area contributed by atoms with Gasteiger partial charge in [0.1, 0.15) is 11.8 Å². The van der Waals surface area contributed by atoms with E-state index in [9.17, 15) is 14.9 Å². The average molecular weight is 329 g/mol. The lowest BCUT2D eigenvalue weighted by Crippen LogP contribution is -2.45. The second-order valence-electron chi connectivity index (χ2n) is 4.32. The van der Waals surface area contributed by atoms with E-state index >= 15 is 0 Å². The number of hydrogen-bond donors (Lipinski definition) is 1. The summed E-state index contributed by atoms with van der Waals surface area (Å²) in [6, 6.07) is 3.75. The van der Waals surface area contributed by atoms with E-state index in [4.69, 9.17) is 4.74 Å². The summed E-state index contributed by atoms with van der Waals surface area (Å²) in [5.41, 5.74) is 0.617. The molecule has 1 amide bonds. The number of carbonyl (C=O) groups is 1. The number of benzene rings is 1. The predicted molar refractivity (Wildman–Crippen MR) is 71.6 cm³/mol. The SMILES string of the molecule is COc1ccc(Br)cc1C1NC(=O)CCC1[N+](=O)[O-]. The molecular weight excluding hydrogens is 316 g/mol. The van der Waals surface area contributed by atoms with Gasteiger partial charge in [0.25, 0.3) is 0 Å². The summed E-state index contributed by atoms with van der Waals surface area (Å²) in [7, 11) is 1.50. The lowest BCUT2D eigenvalue weighted by molar-refractivity contribution is -0.529. The lowest BCUT2D eigenvalue weighted by atomic mass is 9.92. The van der Waals surface area contributed by atoms with Crippen molar-refractivity contribution in [2.45, 2.75) is 24.9 Å². The Morgan fingerprint density at radius 3 is 2.89 bits per heavy atom. The van der Waals surface area contributed by atoms with Crippen LogP contribution in [-0.4, -0.2) is 24.0 Å². The van der Waals surface area contributed by atoms with Gasteiger partial charge < -0.3 is 10.1 Å². The number of methoxy groups -OCH3 is 1. The number of nitro groups is 1. The number of ether oxygens (including phenoxy) is 1. The molecule has 1 fully saturated rings. The van der Waals surface area contributed by atoms with E-state index in [0.29, 0.717) is 11.3 Å². The highest BCUT2D eigenvalue weighted by Crippen LogP contribution is 2.34. The summed E-state index contributed by atoms with van der Waals surface area (Å²) in [6.07, 6.45) is 0.414. The highest BCUT2D eigenvalue weighted by molar-refractivity contribution is 9.10. The molecule has 0 radical (unpaired) electrons. The van der Waals surface area contributed by atoms with Gasteiger partial charge >= 0.3 is 0 Å². The van der Waals surface area contributed by atoms with Crippen LogP contribution in [0.4, 0.5) is 0 Å². The Morgan fingerprint density at radius 1 is 1.53 bits per heavy atom. The van der Waals surface area contributed by atoms with Gasteiger partial charge in [-0.15, -0.1) is 0 Å². The average Bonchev–Trinajstić information content (AvgIpc) is 2.38. The molecule has 2 atom stereocenters. The molecule has 0 spiro atoms. The van der Waals surface area contributed by atoms with Crippen molar-refractivity contribution in [1.29, 1.82) is 0 Å². The summed E-state index contributed by atoms with van der Waals surface area (Å²) in [5, 5.41) is 13.8. The van der Waals surface area contributed by atoms with Crippen LogP contribution in [0.5, 0.6) is 5.75 Å². The minimum atomic E-state index is -0.833. The smallest absolute Gasteiger partial charge is 0.237 e. The molecule has 0 aliphatic carbocycles. The molecule has 19 heavy (non-hydrogen) atoms. The number of rotatable bonds is 3. The van der Waals surface area contributed by atoms with E-state index < -0.39 is 12.1 Å². The van der Waals surface area contributed by atoms with Gasteiger partial charge in [0.05, 0.1) is 7.11 Å². The zero-order chi connectivity index (χ0) is 14.0. The molecule has 1 aliphatic heterocycles. The standard InChI is InChI=1S/C12H13BrN2O4/c1-19-10-4-2-7(13)6-8(10)12-9(15(17)18)3-5-11(16)14-12/h2,4,6,9,12H,3,5H2,1H3,(H,14,16). The molecule has 2 rings (SSSR count). The van der Waals surface area contributed by atoms with Gasteiger partial charge in [-0.2, -0.15) is 0 Å². The molecule has 102 valence electrons. The molecular formula is C12H13BrN2O4. The summed E-state index contributed by atoms with van der Waals surface area (Å²) in [4.78, 5) is 22.3. The van der Waals surface area contributed by atoms with Gasteiger partial charge in [-0.05, 0) is 18.2 Å². The van der Waals surface area contributed by atoms with Crippen LogP contribution in [0.25, 0.3) is 0 Å². The van der Waals surface area contributed by atoms with Crippen molar-refractivity contribution in [3.63, 3.8) is 0 Å². The molecule has 6 nitrogen and oxygen atoms in total. The quantitative estimate of drug-likeness (QED) is 0.680. The Kier molecular flexibility index (Phi) is 4.04. The lowest BCUT2D eigenvalue weighted by Gasteiger charge is -2.28. The van der Waals surface area contributed by atoms with Crippen LogP contribution in [0.1, 0.15) is 24.4 Å². The van der Waals surface area contributed by atoms with Gasteiger partial charge in [-0.3, -0.25) is 14.9 Å². The summed E-state index contributed by atoms with van der Waals surface area (Å²) in [6.45, 7) is 0. The van der Waals surface area contributed by atoms with E-state index in [2.05, 4.69) is 21.2 Å². The number of amides is 1. The predicted octanol–water partition coefficient (Wildman–Crippen LogP) is 2.05. The second-order valence-corrected chi connectivity index (χ2v) is 5.24. The Bertz CT molecular complexity index is 520. The van der Waals surface area contributed by atoms with Crippen molar-refractivity contribution < 1.29 is 14.5 Å². The van der Waals surface area contributed by atoms with Crippen molar-refractivity contribution in [3.05, 3.63) is 38.3 Å². The topological polar surface area (TPSA) is 81.5 Å². The normalized spacial score (nSPS) is 22.7. The first kappa shape index (κ1) is 13.8. The van der Waals surface area contributed by atoms with E-state index in [-0.39, 0.29) is 23.7 Å². The van der Waals surface area contributed by atoms with Gasteiger partial charge in [0.15, 0.2) is 0 Å². The fourth-order valence-electron chi connectivity index (χ4n) is 2.25. The van der Waals surface area contributed by atoms with Crippen molar-refractivity contribution >= 4 is 21.8 Å². The maximum absolute atomic E-state index is 11.5. The van der Waals surface area contributed by atoms with Crippen LogP contribution in [-0.2, 0) is 4.79 Å². The third kappa shape index (κ3) is 2.86. The van der Waals surface area contributed by atoms with Gasteiger partial charge in [-0.25, -0.2) is 0 Å². The van der Waals surface area contributed by atoms with E-state index in [1.165, 1.54) is 7.11 Å². The molecule has 1 aromatic carbocycles. The van der Waals surface area contributed by atoms with Gasteiger partial charge in [0, 0.05) is 27.8 Å². The second kappa shape index (κ2) is 5.56. The highest BCUT2D eigenvalue weighted by Gasteiger charge is 2.39. The molecule has 0 saturated carbocycles. The largest absolute Gasteiger partial charge is 0.496 e. The summed E-state index contributed by atoms with van der Waals surface area (Å²) < 4.78 is 6.00. The third-order valence-electron chi connectivity index (χ3n) is 3.17. The van der Waals surface area contributed by atoms with E-state index in [1.807, 2.05) is 0 Å². The number of nitrogens with one attached hydrogen (secondary N) is 1. The minimum Gasteiger partial charge on any atom is -0.496 e. The van der Waals surface area contributed by atoms with E-state index in [0.717, 1.165) is 4.47 Å². The van der Waals surface area contributed by atoms with Crippen molar-refractivity contribution in [2.24, 2.45) is 0 Å². The van der Waals surface area contributed by atoms with Crippen LogP contribution >= 0.6 is 15.9 Å². The van der Waals surface area contributed by atoms with Crippen molar-refractivity contribution in [2.75, 3.05) is 7.11 Å². The van der Waals surface area contributed by atoms with E-state index in [1.54, 1.807) is 18.2 Å². The molecule has 1 aliphatic rings. The van der Waals surface area contributed by atoms with Crippen molar-refractivity contribution in [1.82, 2.24) is 5.32 Å². The summed E-state index contributed by atoms with van der Waals surface area (Å²) in [5.74, 6) is 0.354. The molecule has 0 aromatic heterocycles. The monoisotopic (exact) mass is 328 g/mol. The molecule has 1 heterocycles. The Balaban J connectivity index is 2.43. The molecule has 2 unspecified atom stereocenters. The van der Waals surface area contributed by atoms with Crippen LogP contribution in [0.15, 0.2) is 22.7 Å². The maximum atomic E-state index is 11.5. The fraction of sp³-hybridized carbons (Fsp3) is 0.417. The molecule has 7 heteroatoms. The number of hydrogen-bond acceptors (Lipinski definition) is 4. The number of piperidine rings is 1. The molecule has 0 bridgehead atoms. The Morgan fingerprint density at radius 2 is 2.26 bits per heavy atom. The molecule has 1 N–H and O–H groups in total. The zero-order valence-corrected chi connectivity index (χ0v) is 11.8. The first-order valence-corrected chi connectivity index (χ1v) is 6.58. The first-order valence-electron chi connectivity index (χ1n) is 5.79. The maximum Gasteiger partial charge on any atom is 0.237 e. The number of halogens is 1. The van der Waals surface area contributed by atoms with Crippen LogP contribution in [0.3, 0.4) is 0 Å². The third-order valence-corrected chi connectivity index (χ3v) is 3.66. The minimum absolute atomic E-state index is 0.176. The fourth-order valence-corrected chi connectivity index (χ4v) is 2.63. The van der Waals surface area contributed by atoms with Crippen LogP contribution in [0, 0.1) is 10.1 Å². The number of carbonyl (C=O) groups excluding carboxylic acids is 1. The van der Waals surface area contributed by atoms with Crippen molar-refractivity contribution in [3.8, 4) is 5.75 Å². The molecule has 1 aromatic rings. The Hall–Kier alpha value is -1.63.